The maximum atomic E-state index is 12.8. The summed E-state index contributed by atoms with van der Waals surface area (Å²) in [5.41, 5.74) is 0. The molecule has 1 aromatic carbocycles. The number of methoxy groups -OCH3 is 1. The molecule has 0 N–H and O–H groups in total. The van der Waals surface area contributed by atoms with Crippen molar-refractivity contribution in [1.82, 2.24) is 0 Å². The van der Waals surface area contributed by atoms with Gasteiger partial charge in [0, 0.05) is 24.4 Å². The predicted octanol–water partition coefficient (Wildman–Crippen LogP) is 1.97. The largest absolute Gasteiger partial charge is 0.385 e. The zero-order valence-corrected chi connectivity index (χ0v) is 8.85. The Kier molecular flexibility index (Phi) is 4.76. The summed E-state index contributed by atoms with van der Waals surface area (Å²) in [6.07, 6.45) is 0.722. The van der Waals surface area contributed by atoms with Crippen LogP contribution in [0.15, 0.2) is 29.2 Å². The van der Waals surface area contributed by atoms with Gasteiger partial charge >= 0.3 is 0 Å². The highest BCUT2D eigenvalue weighted by molar-refractivity contribution is 7.85. The summed E-state index contributed by atoms with van der Waals surface area (Å²) >= 11 is 0. The minimum Gasteiger partial charge on any atom is -0.385 e. The lowest BCUT2D eigenvalue weighted by atomic mass is 10.4. The molecule has 78 valence electrons. The highest BCUT2D eigenvalue weighted by Gasteiger charge is 2.03. The monoisotopic (exact) mass is 216 g/mol. The number of benzene rings is 1. The van der Waals surface area contributed by atoms with Crippen molar-refractivity contribution in [3.63, 3.8) is 0 Å². The van der Waals surface area contributed by atoms with Gasteiger partial charge in [-0.15, -0.1) is 0 Å². The second-order valence-electron chi connectivity index (χ2n) is 2.85. The molecule has 1 atom stereocenters. The fourth-order valence-corrected chi connectivity index (χ4v) is 2.15. The number of rotatable bonds is 5. The average molecular weight is 216 g/mol. The molecule has 0 saturated carbocycles. The van der Waals surface area contributed by atoms with Gasteiger partial charge in [0.2, 0.25) is 0 Å². The molecule has 0 spiro atoms. The minimum atomic E-state index is -1.12. The number of halogens is 1. The summed E-state index contributed by atoms with van der Waals surface area (Å²) in [7, 11) is 0.487. The molecule has 1 unspecified atom stereocenters. The smallest absolute Gasteiger partial charge is 0.124 e. The van der Waals surface area contributed by atoms with Crippen molar-refractivity contribution in [3.05, 3.63) is 30.1 Å². The van der Waals surface area contributed by atoms with E-state index in [4.69, 9.17) is 4.74 Å². The Hall–Kier alpha value is -0.740. The lowest BCUT2D eigenvalue weighted by Gasteiger charge is -2.01. The van der Waals surface area contributed by atoms with Gasteiger partial charge in [-0.2, -0.15) is 0 Å². The summed E-state index contributed by atoms with van der Waals surface area (Å²) in [6, 6.07) is 5.89. The fraction of sp³-hybridized carbons (Fsp3) is 0.400. The predicted molar refractivity (Wildman–Crippen MR) is 54.2 cm³/mol. The van der Waals surface area contributed by atoms with Crippen LogP contribution in [0.4, 0.5) is 4.39 Å². The molecule has 1 aromatic rings. The van der Waals surface area contributed by atoms with Crippen LogP contribution in [0, 0.1) is 5.82 Å². The molecular formula is C10H13FO2S. The molecule has 0 aliphatic carbocycles. The fourth-order valence-electron chi connectivity index (χ4n) is 1.06. The van der Waals surface area contributed by atoms with Gasteiger partial charge in [-0.1, -0.05) is 6.07 Å². The maximum Gasteiger partial charge on any atom is 0.124 e. The summed E-state index contributed by atoms with van der Waals surface area (Å²) in [5.74, 6) is 0.166. The van der Waals surface area contributed by atoms with E-state index >= 15 is 0 Å². The molecule has 0 saturated heterocycles. The van der Waals surface area contributed by atoms with Gasteiger partial charge in [0.25, 0.3) is 0 Å². The third-order valence-electron chi connectivity index (χ3n) is 1.74. The van der Waals surface area contributed by atoms with Crippen LogP contribution in [0.1, 0.15) is 6.42 Å². The lowest BCUT2D eigenvalue weighted by Crippen LogP contribution is -2.01. The molecular weight excluding hydrogens is 203 g/mol. The Balaban J connectivity index is 2.52. The van der Waals surface area contributed by atoms with E-state index in [9.17, 15) is 8.60 Å². The van der Waals surface area contributed by atoms with E-state index in [1.54, 1.807) is 19.2 Å². The topological polar surface area (TPSA) is 26.3 Å². The van der Waals surface area contributed by atoms with E-state index < -0.39 is 10.8 Å². The van der Waals surface area contributed by atoms with Gasteiger partial charge in [0.1, 0.15) is 5.82 Å². The molecule has 0 amide bonds. The number of ether oxygens (including phenoxy) is 1. The molecule has 0 aromatic heterocycles. The van der Waals surface area contributed by atoms with Crippen LogP contribution in [0.2, 0.25) is 0 Å². The highest BCUT2D eigenvalue weighted by Crippen LogP contribution is 2.09. The van der Waals surface area contributed by atoms with Crippen LogP contribution in [0.5, 0.6) is 0 Å². The quantitative estimate of drug-likeness (QED) is 0.703. The molecule has 2 nitrogen and oxygen atoms in total. The van der Waals surface area contributed by atoms with Gasteiger partial charge in [0.05, 0.1) is 10.8 Å². The van der Waals surface area contributed by atoms with Crippen LogP contribution in [0.3, 0.4) is 0 Å². The third-order valence-corrected chi connectivity index (χ3v) is 3.18. The van der Waals surface area contributed by atoms with E-state index in [0.717, 1.165) is 6.42 Å². The zero-order valence-electron chi connectivity index (χ0n) is 8.03. The normalized spacial score (nSPS) is 12.7. The summed E-state index contributed by atoms with van der Waals surface area (Å²) in [4.78, 5) is 0.543. The van der Waals surface area contributed by atoms with Crippen molar-refractivity contribution in [1.29, 1.82) is 0 Å². The first-order valence-electron chi connectivity index (χ1n) is 4.37. The van der Waals surface area contributed by atoms with E-state index in [0.29, 0.717) is 17.3 Å². The van der Waals surface area contributed by atoms with E-state index in [1.807, 2.05) is 0 Å². The van der Waals surface area contributed by atoms with Gasteiger partial charge in [-0.3, -0.25) is 4.21 Å². The van der Waals surface area contributed by atoms with Crippen molar-refractivity contribution in [2.75, 3.05) is 19.5 Å². The average Bonchev–Trinajstić information content (AvgIpc) is 2.18. The van der Waals surface area contributed by atoms with Gasteiger partial charge in [-0.25, -0.2) is 4.39 Å². The van der Waals surface area contributed by atoms with Crippen molar-refractivity contribution in [3.8, 4) is 0 Å². The van der Waals surface area contributed by atoms with E-state index in [-0.39, 0.29) is 5.82 Å². The first-order valence-corrected chi connectivity index (χ1v) is 5.69. The molecule has 1 rings (SSSR count). The van der Waals surface area contributed by atoms with E-state index in [2.05, 4.69) is 0 Å². The standard InChI is InChI=1S/C10H13FO2S/c1-13-6-3-7-14(12)10-5-2-4-9(11)8-10/h2,4-5,8H,3,6-7H2,1H3. The van der Waals surface area contributed by atoms with Crippen LogP contribution in [0.25, 0.3) is 0 Å². The number of hydrogen-bond acceptors (Lipinski definition) is 2. The molecule has 0 aliphatic heterocycles. The van der Waals surface area contributed by atoms with Crippen molar-refractivity contribution < 1.29 is 13.3 Å². The maximum absolute atomic E-state index is 12.8. The second-order valence-corrected chi connectivity index (χ2v) is 4.42. The zero-order chi connectivity index (χ0) is 10.4. The summed E-state index contributed by atoms with van der Waals surface area (Å²) in [6.45, 7) is 0.584. The molecule has 0 heterocycles. The molecule has 0 fully saturated rings. The summed E-state index contributed by atoms with van der Waals surface area (Å²) in [5, 5.41) is 0. The molecule has 0 bridgehead atoms. The van der Waals surface area contributed by atoms with Crippen LogP contribution in [-0.2, 0) is 15.5 Å². The number of hydrogen-bond donors (Lipinski definition) is 0. The Morgan fingerprint density at radius 3 is 2.93 bits per heavy atom. The Bertz CT molecular complexity index is 315. The molecule has 4 heteroatoms. The Morgan fingerprint density at radius 1 is 1.50 bits per heavy atom. The van der Waals surface area contributed by atoms with Gasteiger partial charge < -0.3 is 4.74 Å². The van der Waals surface area contributed by atoms with Gasteiger partial charge in [-0.05, 0) is 24.6 Å². The van der Waals surface area contributed by atoms with Gasteiger partial charge in [0.15, 0.2) is 0 Å². The van der Waals surface area contributed by atoms with Crippen molar-refractivity contribution >= 4 is 10.8 Å². The minimum absolute atomic E-state index is 0.345. The highest BCUT2D eigenvalue weighted by atomic mass is 32.2. The molecule has 14 heavy (non-hydrogen) atoms. The summed E-state index contributed by atoms with van der Waals surface area (Å²) < 4.78 is 29.2. The SMILES string of the molecule is COCCCS(=O)c1cccc(F)c1. The van der Waals surface area contributed by atoms with Crippen molar-refractivity contribution in [2.24, 2.45) is 0 Å². The van der Waals surface area contributed by atoms with Crippen molar-refractivity contribution in [2.45, 2.75) is 11.3 Å². The Labute approximate surface area is 85.5 Å². The van der Waals surface area contributed by atoms with Crippen LogP contribution in [-0.4, -0.2) is 23.7 Å². The first kappa shape index (κ1) is 11.3. The van der Waals surface area contributed by atoms with Crippen LogP contribution >= 0.6 is 0 Å². The second kappa shape index (κ2) is 5.88. The van der Waals surface area contributed by atoms with E-state index in [1.165, 1.54) is 12.1 Å². The molecule has 0 aliphatic rings. The lowest BCUT2D eigenvalue weighted by molar-refractivity contribution is 0.200. The molecule has 0 radical (unpaired) electrons. The van der Waals surface area contributed by atoms with Crippen LogP contribution < -0.4 is 0 Å². The Morgan fingerprint density at radius 2 is 2.29 bits per heavy atom. The third kappa shape index (κ3) is 3.55. The first-order chi connectivity index (χ1) is 6.74.